The molecule has 4 heteroatoms. The Kier molecular flexibility index (Phi) is 5.48. The van der Waals surface area contributed by atoms with E-state index in [-0.39, 0.29) is 17.7 Å². The number of phenols is 1. The van der Waals surface area contributed by atoms with E-state index < -0.39 is 0 Å². The van der Waals surface area contributed by atoms with Crippen molar-refractivity contribution in [3.63, 3.8) is 0 Å². The van der Waals surface area contributed by atoms with E-state index in [0.29, 0.717) is 11.1 Å². The molecular formula is C13H18BrNO2. The van der Waals surface area contributed by atoms with Gasteiger partial charge in [-0.3, -0.25) is 4.79 Å². The summed E-state index contributed by atoms with van der Waals surface area (Å²) in [6.07, 6.45) is 1.83. The van der Waals surface area contributed by atoms with Crippen LogP contribution in [0.25, 0.3) is 0 Å². The van der Waals surface area contributed by atoms with Crippen LogP contribution in [-0.2, 0) is 0 Å². The number of aryl methyl sites for hydroxylation is 1. The molecule has 1 amide bonds. The summed E-state index contributed by atoms with van der Waals surface area (Å²) in [6.45, 7) is 3.83. The number of alkyl halides is 1. The molecule has 1 rings (SSSR count). The van der Waals surface area contributed by atoms with Crippen molar-refractivity contribution < 1.29 is 9.90 Å². The maximum atomic E-state index is 11.9. The largest absolute Gasteiger partial charge is 0.508 e. The Labute approximate surface area is 110 Å². The minimum absolute atomic E-state index is 0.0825. The fourth-order valence-corrected chi connectivity index (χ4v) is 2.13. The van der Waals surface area contributed by atoms with Gasteiger partial charge in [-0.2, -0.15) is 0 Å². The van der Waals surface area contributed by atoms with Gasteiger partial charge in [0.15, 0.2) is 0 Å². The molecule has 1 atom stereocenters. The first-order valence-electron chi connectivity index (χ1n) is 5.75. The summed E-state index contributed by atoms with van der Waals surface area (Å²) < 4.78 is 0. The van der Waals surface area contributed by atoms with Crippen molar-refractivity contribution in [3.8, 4) is 5.75 Å². The first-order chi connectivity index (χ1) is 8.08. The van der Waals surface area contributed by atoms with E-state index in [0.717, 1.165) is 18.2 Å². The molecule has 0 bridgehead atoms. The number of aromatic hydroxyl groups is 1. The number of rotatable bonds is 5. The second-order valence-electron chi connectivity index (χ2n) is 4.06. The Bertz CT molecular complexity index is 393. The highest BCUT2D eigenvalue weighted by Gasteiger charge is 2.12. The molecule has 0 radical (unpaired) electrons. The summed E-state index contributed by atoms with van der Waals surface area (Å²) in [5.74, 6) is 0.134. The van der Waals surface area contributed by atoms with Crippen LogP contribution in [0.1, 0.15) is 35.7 Å². The number of carbonyl (C=O) groups excluding carboxylic acids is 1. The molecule has 0 aliphatic rings. The number of carbonyl (C=O) groups is 1. The quantitative estimate of drug-likeness (QED) is 0.821. The zero-order chi connectivity index (χ0) is 12.8. The summed E-state index contributed by atoms with van der Waals surface area (Å²) in [5, 5.41) is 13.3. The summed E-state index contributed by atoms with van der Waals surface area (Å²) in [6, 6.07) is 5.08. The lowest BCUT2D eigenvalue weighted by Crippen LogP contribution is -2.34. The molecule has 1 unspecified atom stereocenters. The van der Waals surface area contributed by atoms with Gasteiger partial charge in [0.2, 0.25) is 0 Å². The fourth-order valence-electron chi connectivity index (χ4n) is 1.58. The number of nitrogens with one attached hydrogen (secondary N) is 1. The van der Waals surface area contributed by atoms with Crippen molar-refractivity contribution >= 4 is 21.8 Å². The molecule has 0 aliphatic carbocycles. The molecule has 1 aromatic carbocycles. The summed E-state index contributed by atoms with van der Waals surface area (Å²) in [7, 11) is 0. The van der Waals surface area contributed by atoms with Crippen molar-refractivity contribution in [3.05, 3.63) is 29.3 Å². The van der Waals surface area contributed by atoms with E-state index in [1.54, 1.807) is 25.1 Å². The number of hydrogen-bond acceptors (Lipinski definition) is 2. The van der Waals surface area contributed by atoms with Gasteiger partial charge in [-0.15, -0.1) is 0 Å². The van der Waals surface area contributed by atoms with Crippen LogP contribution in [0.2, 0.25) is 0 Å². The zero-order valence-corrected chi connectivity index (χ0v) is 11.8. The summed E-state index contributed by atoms with van der Waals surface area (Å²) >= 11 is 3.37. The van der Waals surface area contributed by atoms with Crippen LogP contribution in [0, 0.1) is 6.92 Å². The molecule has 17 heavy (non-hydrogen) atoms. The molecule has 0 saturated carbocycles. The van der Waals surface area contributed by atoms with Gasteiger partial charge in [0.25, 0.3) is 5.91 Å². The Morgan fingerprint density at radius 3 is 2.76 bits per heavy atom. The number of amides is 1. The smallest absolute Gasteiger partial charge is 0.251 e. The number of hydrogen-bond donors (Lipinski definition) is 2. The van der Waals surface area contributed by atoms with Gasteiger partial charge in [0.1, 0.15) is 5.75 Å². The van der Waals surface area contributed by atoms with E-state index in [1.807, 2.05) is 0 Å². The Hall–Kier alpha value is -1.03. The second-order valence-corrected chi connectivity index (χ2v) is 4.85. The van der Waals surface area contributed by atoms with Crippen LogP contribution in [-0.4, -0.2) is 22.4 Å². The van der Waals surface area contributed by atoms with Gasteiger partial charge in [0, 0.05) is 16.9 Å². The monoisotopic (exact) mass is 299 g/mol. The van der Waals surface area contributed by atoms with Crippen LogP contribution in [0.5, 0.6) is 5.75 Å². The van der Waals surface area contributed by atoms with Gasteiger partial charge in [-0.25, -0.2) is 0 Å². The number of benzene rings is 1. The molecule has 3 nitrogen and oxygen atoms in total. The van der Waals surface area contributed by atoms with Gasteiger partial charge < -0.3 is 10.4 Å². The second kappa shape index (κ2) is 6.64. The zero-order valence-electron chi connectivity index (χ0n) is 10.2. The van der Waals surface area contributed by atoms with Gasteiger partial charge >= 0.3 is 0 Å². The lowest BCUT2D eigenvalue weighted by molar-refractivity contribution is 0.0935. The summed E-state index contributed by atoms with van der Waals surface area (Å²) in [4.78, 5) is 11.9. The number of phenolic OH excluding ortho intramolecular Hbond substituents is 1. The summed E-state index contributed by atoms with van der Waals surface area (Å²) in [5.41, 5.74) is 1.31. The molecule has 0 heterocycles. The minimum Gasteiger partial charge on any atom is -0.508 e. The van der Waals surface area contributed by atoms with Gasteiger partial charge in [-0.1, -0.05) is 22.9 Å². The molecule has 0 aromatic heterocycles. The highest BCUT2D eigenvalue weighted by molar-refractivity contribution is 9.09. The minimum atomic E-state index is -0.0825. The third-order valence-corrected chi connectivity index (χ3v) is 3.20. The predicted octanol–water partition coefficient (Wildman–Crippen LogP) is 2.99. The van der Waals surface area contributed by atoms with Crippen LogP contribution in [0.4, 0.5) is 0 Å². The van der Waals surface area contributed by atoms with Crippen molar-refractivity contribution in [2.24, 2.45) is 0 Å². The molecule has 1 aromatic rings. The highest BCUT2D eigenvalue weighted by Crippen LogP contribution is 2.17. The molecule has 0 fully saturated rings. The topological polar surface area (TPSA) is 49.3 Å². The molecule has 2 N–H and O–H groups in total. The molecule has 0 saturated heterocycles. The van der Waals surface area contributed by atoms with Crippen molar-refractivity contribution in [2.75, 3.05) is 5.33 Å². The Morgan fingerprint density at radius 1 is 1.53 bits per heavy atom. The van der Waals surface area contributed by atoms with E-state index >= 15 is 0 Å². The van der Waals surface area contributed by atoms with Gasteiger partial charge in [0.05, 0.1) is 0 Å². The molecule has 94 valence electrons. The average molecular weight is 300 g/mol. The third-order valence-electron chi connectivity index (χ3n) is 2.74. The predicted molar refractivity (Wildman–Crippen MR) is 72.8 cm³/mol. The van der Waals surface area contributed by atoms with Crippen molar-refractivity contribution in [2.45, 2.75) is 32.7 Å². The van der Waals surface area contributed by atoms with E-state index in [2.05, 4.69) is 28.2 Å². The maximum Gasteiger partial charge on any atom is 0.251 e. The average Bonchev–Trinajstić information content (AvgIpc) is 2.31. The van der Waals surface area contributed by atoms with Crippen molar-refractivity contribution in [1.82, 2.24) is 5.32 Å². The third kappa shape index (κ3) is 4.04. The normalized spacial score (nSPS) is 12.2. The van der Waals surface area contributed by atoms with Crippen molar-refractivity contribution in [1.29, 1.82) is 0 Å². The highest BCUT2D eigenvalue weighted by atomic mass is 79.9. The Morgan fingerprint density at radius 2 is 2.24 bits per heavy atom. The number of halogens is 1. The SMILES string of the molecule is CCC(CCBr)NC(=O)c1ccc(O)c(C)c1. The first kappa shape index (κ1) is 14.0. The van der Waals surface area contributed by atoms with Crippen LogP contribution in [0.3, 0.4) is 0 Å². The standard InChI is InChI=1S/C13H18BrNO2/c1-3-11(6-7-14)15-13(17)10-4-5-12(16)9(2)8-10/h4-5,8,11,16H,3,6-7H2,1-2H3,(H,15,17). The van der Waals surface area contributed by atoms with Crippen LogP contribution >= 0.6 is 15.9 Å². The Balaban J connectivity index is 2.72. The van der Waals surface area contributed by atoms with E-state index in [4.69, 9.17) is 0 Å². The molecule has 0 spiro atoms. The fraction of sp³-hybridized carbons (Fsp3) is 0.462. The van der Waals surface area contributed by atoms with Gasteiger partial charge in [-0.05, 0) is 43.5 Å². The van der Waals surface area contributed by atoms with E-state index in [9.17, 15) is 9.90 Å². The van der Waals surface area contributed by atoms with Crippen LogP contribution < -0.4 is 5.32 Å². The lowest BCUT2D eigenvalue weighted by Gasteiger charge is -2.16. The maximum absolute atomic E-state index is 11.9. The van der Waals surface area contributed by atoms with E-state index in [1.165, 1.54) is 0 Å². The molecular weight excluding hydrogens is 282 g/mol. The first-order valence-corrected chi connectivity index (χ1v) is 6.87. The molecule has 0 aliphatic heterocycles. The van der Waals surface area contributed by atoms with Crippen LogP contribution in [0.15, 0.2) is 18.2 Å². The lowest BCUT2D eigenvalue weighted by atomic mass is 10.1.